The topological polar surface area (TPSA) is 257 Å². The highest BCUT2D eigenvalue weighted by molar-refractivity contribution is 6.08. The molecular formula is C27H41N5O10. The van der Waals surface area contributed by atoms with Crippen LogP contribution in [0.1, 0.15) is 52.5 Å². The van der Waals surface area contributed by atoms with Crippen molar-refractivity contribution in [2.75, 3.05) is 6.61 Å². The standard InChI is InChI=1S/C27H41N5O10/c1-5-6-7-18(30-21(35)15(4)29-25(40)27(28,14(2)3)26(41)42)22(36)32-20(13-33)23(37)31-19(24(38)39)12-16-8-10-17(34)11-9-16/h8-11,14-15,18-20,33-34H,5-7,12-13,28H2,1-4H3,(H,29,40)(H,30,35)(H,31,37)(H,32,36)(H,38,39)(H,41,42)/t15-,18-,19-,20-,27-/m0/s1. The molecule has 1 rings (SSSR count). The highest BCUT2D eigenvalue weighted by Gasteiger charge is 2.46. The van der Waals surface area contributed by atoms with Crippen LogP contribution in [0.2, 0.25) is 0 Å². The normalized spacial score (nSPS) is 15.3. The minimum atomic E-state index is -2.30. The van der Waals surface area contributed by atoms with Crippen LogP contribution in [0.15, 0.2) is 24.3 Å². The van der Waals surface area contributed by atoms with Gasteiger partial charge in [0, 0.05) is 6.42 Å². The van der Waals surface area contributed by atoms with Crippen molar-refractivity contribution >= 4 is 35.6 Å². The van der Waals surface area contributed by atoms with Crippen molar-refractivity contribution in [2.24, 2.45) is 11.7 Å². The molecule has 15 heteroatoms. The van der Waals surface area contributed by atoms with Crippen LogP contribution in [0.25, 0.3) is 0 Å². The van der Waals surface area contributed by atoms with Crippen LogP contribution in [0, 0.1) is 5.92 Å². The first-order valence-corrected chi connectivity index (χ1v) is 13.4. The number of benzene rings is 1. The number of aromatic hydroxyl groups is 1. The SMILES string of the molecule is CCCC[C@H](NC(=O)[C@H](C)NC(=O)[C@](N)(C(=O)O)C(C)C)C(=O)N[C@@H](CO)C(=O)N[C@@H](Cc1ccc(O)cc1)C(=O)O. The number of rotatable bonds is 17. The number of hydrogen-bond acceptors (Lipinski definition) is 9. The second kappa shape index (κ2) is 16.3. The van der Waals surface area contributed by atoms with E-state index in [1.807, 2.05) is 6.92 Å². The average molecular weight is 596 g/mol. The molecule has 0 saturated heterocycles. The van der Waals surface area contributed by atoms with Crippen molar-refractivity contribution in [1.82, 2.24) is 21.3 Å². The van der Waals surface area contributed by atoms with Crippen LogP contribution in [0.5, 0.6) is 5.75 Å². The van der Waals surface area contributed by atoms with Gasteiger partial charge in [-0.05, 0) is 37.0 Å². The number of phenols is 1. The molecule has 1 aromatic rings. The third kappa shape index (κ3) is 9.99. The molecule has 0 aromatic heterocycles. The summed E-state index contributed by atoms with van der Waals surface area (Å²) in [6.07, 6.45) is 1.08. The summed E-state index contributed by atoms with van der Waals surface area (Å²) in [5.74, 6) is -7.55. The molecule has 0 aliphatic carbocycles. The summed E-state index contributed by atoms with van der Waals surface area (Å²) in [5.41, 5.74) is 3.97. The smallest absolute Gasteiger partial charge is 0.333 e. The number of unbranched alkanes of at least 4 members (excludes halogenated alkanes) is 1. The van der Waals surface area contributed by atoms with E-state index in [9.17, 15) is 49.2 Å². The highest BCUT2D eigenvalue weighted by atomic mass is 16.4. The van der Waals surface area contributed by atoms with Crippen LogP contribution in [-0.4, -0.2) is 92.3 Å². The number of phenolic OH excluding ortho intramolecular Hbond substituents is 1. The Balaban J connectivity index is 2.95. The van der Waals surface area contributed by atoms with E-state index < -0.39 is 77.8 Å². The molecule has 0 saturated carbocycles. The summed E-state index contributed by atoms with van der Waals surface area (Å²) in [4.78, 5) is 74.6. The lowest BCUT2D eigenvalue weighted by molar-refractivity contribution is -0.152. The fourth-order valence-electron chi connectivity index (χ4n) is 3.77. The molecule has 15 nitrogen and oxygen atoms in total. The van der Waals surface area contributed by atoms with Crippen molar-refractivity contribution in [1.29, 1.82) is 0 Å². The lowest BCUT2D eigenvalue weighted by atomic mass is 9.86. The number of hydrogen-bond donors (Lipinski definition) is 9. The number of aliphatic carboxylic acids is 2. The maximum atomic E-state index is 13.0. The Morgan fingerprint density at radius 3 is 1.83 bits per heavy atom. The quantitative estimate of drug-likeness (QED) is 0.0946. The Morgan fingerprint density at radius 2 is 1.36 bits per heavy atom. The molecule has 0 aliphatic rings. The number of nitrogens with two attached hydrogens (primary N) is 1. The van der Waals surface area contributed by atoms with Crippen molar-refractivity contribution in [3.05, 3.63) is 29.8 Å². The van der Waals surface area contributed by atoms with Crippen LogP contribution < -0.4 is 27.0 Å². The van der Waals surface area contributed by atoms with Gasteiger partial charge < -0.3 is 47.4 Å². The number of carbonyl (C=O) groups is 6. The van der Waals surface area contributed by atoms with E-state index in [0.717, 1.165) is 0 Å². The average Bonchev–Trinajstić information content (AvgIpc) is 2.93. The van der Waals surface area contributed by atoms with E-state index in [2.05, 4.69) is 21.3 Å². The molecule has 0 bridgehead atoms. The minimum Gasteiger partial charge on any atom is -0.508 e. The highest BCUT2D eigenvalue weighted by Crippen LogP contribution is 2.15. The molecule has 0 spiro atoms. The molecule has 234 valence electrons. The van der Waals surface area contributed by atoms with Crippen LogP contribution in [0.3, 0.4) is 0 Å². The number of carbonyl (C=O) groups excluding carboxylic acids is 4. The van der Waals surface area contributed by atoms with E-state index in [0.29, 0.717) is 18.4 Å². The monoisotopic (exact) mass is 595 g/mol. The van der Waals surface area contributed by atoms with E-state index in [-0.39, 0.29) is 18.6 Å². The number of aliphatic hydroxyl groups excluding tert-OH is 1. The maximum absolute atomic E-state index is 13.0. The molecule has 4 amide bonds. The van der Waals surface area contributed by atoms with Crippen molar-refractivity contribution in [3.63, 3.8) is 0 Å². The second-order valence-corrected chi connectivity index (χ2v) is 10.2. The van der Waals surface area contributed by atoms with Gasteiger partial charge in [0.2, 0.25) is 17.7 Å². The number of nitrogens with one attached hydrogen (secondary N) is 4. The summed E-state index contributed by atoms with van der Waals surface area (Å²) in [7, 11) is 0. The maximum Gasteiger partial charge on any atom is 0.333 e. The van der Waals surface area contributed by atoms with Gasteiger partial charge in [-0.15, -0.1) is 0 Å². The Bertz CT molecular complexity index is 1130. The Morgan fingerprint density at radius 1 is 0.833 bits per heavy atom. The zero-order valence-corrected chi connectivity index (χ0v) is 24.0. The van der Waals surface area contributed by atoms with Gasteiger partial charge in [0.25, 0.3) is 5.91 Å². The van der Waals surface area contributed by atoms with E-state index >= 15 is 0 Å². The Kier molecular flexibility index (Phi) is 13.9. The number of amides is 4. The molecule has 0 unspecified atom stereocenters. The van der Waals surface area contributed by atoms with Crippen LogP contribution in [0.4, 0.5) is 0 Å². The van der Waals surface area contributed by atoms with E-state index in [4.69, 9.17) is 5.73 Å². The zero-order valence-electron chi connectivity index (χ0n) is 24.0. The first-order chi connectivity index (χ1) is 19.6. The first kappa shape index (κ1) is 35.8. The predicted octanol–water partition coefficient (Wildman–Crippen LogP) is -1.40. The van der Waals surface area contributed by atoms with Gasteiger partial charge in [-0.25, -0.2) is 9.59 Å². The van der Waals surface area contributed by atoms with Crippen LogP contribution in [-0.2, 0) is 35.2 Å². The van der Waals surface area contributed by atoms with E-state index in [1.165, 1.54) is 45.0 Å². The molecular weight excluding hydrogens is 554 g/mol. The first-order valence-electron chi connectivity index (χ1n) is 13.4. The predicted molar refractivity (Wildman–Crippen MR) is 149 cm³/mol. The summed E-state index contributed by atoms with van der Waals surface area (Å²) in [6, 6.07) is 0.188. The van der Waals surface area contributed by atoms with Crippen molar-refractivity contribution < 1.29 is 49.2 Å². The molecule has 42 heavy (non-hydrogen) atoms. The van der Waals surface area contributed by atoms with Crippen molar-refractivity contribution in [3.8, 4) is 5.75 Å². The molecule has 0 fully saturated rings. The summed E-state index contributed by atoms with van der Waals surface area (Å²) >= 11 is 0. The van der Waals surface area contributed by atoms with Gasteiger partial charge in [-0.3, -0.25) is 19.2 Å². The van der Waals surface area contributed by atoms with Gasteiger partial charge in [0.15, 0.2) is 5.54 Å². The Hall–Kier alpha value is -4.24. The summed E-state index contributed by atoms with van der Waals surface area (Å²) in [5, 5.41) is 47.4. The van der Waals surface area contributed by atoms with Gasteiger partial charge in [0.1, 0.15) is 29.9 Å². The molecule has 1 aromatic carbocycles. The number of carboxylic acids is 2. The van der Waals surface area contributed by atoms with Crippen LogP contribution >= 0.6 is 0 Å². The lowest BCUT2D eigenvalue weighted by Crippen LogP contribution is -2.65. The fourth-order valence-corrected chi connectivity index (χ4v) is 3.77. The molecule has 0 aliphatic heterocycles. The number of aliphatic hydroxyl groups is 1. The largest absolute Gasteiger partial charge is 0.508 e. The van der Waals surface area contributed by atoms with Gasteiger partial charge in [-0.1, -0.05) is 45.7 Å². The van der Waals surface area contributed by atoms with E-state index in [1.54, 1.807) is 0 Å². The third-order valence-corrected chi connectivity index (χ3v) is 6.67. The van der Waals surface area contributed by atoms with Crippen molar-refractivity contribution in [2.45, 2.75) is 83.1 Å². The minimum absolute atomic E-state index is 0.0254. The number of carboxylic acid groups (broad SMARTS) is 2. The molecule has 5 atom stereocenters. The Labute approximate surface area is 243 Å². The fraction of sp³-hybridized carbons (Fsp3) is 0.556. The zero-order chi connectivity index (χ0) is 32.2. The molecule has 0 heterocycles. The summed E-state index contributed by atoms with van der Waals surface area (Å²) in [6.45, 7) is 5.09. The van der Waals surface area contributed by atoms with Gasteiger partial charge in [0.05, 0.1) is 6.61 Å². The second-order valence-electron chi connectivity index (χ2n) is 10.2. The third-order valence-electron chi connectivity index (χ3n) is 6.67. The summed E-state index contributed by atoms with van der Waals surface area (Å²) < 4.78 is 0. The molecule has 0 radical (unpaired) electrons. The van der Waals surface area contributed by atoms with Gasteiger partial charge in [-0.2, -0.15) is 0 Å². The lowest BCUT2D eigenvalue weighted by Gasteiger charge is -2.29. The molecule has 10 N–H and O–H groups in total. The van der Waals surface area contributed by atoms with Gasteiger partial charge >= 0.3 is 11.9 Å².